The number of hydrogen-bond donors (Lipinski definition) is 1. The SMILES string of the molecule is O=C1C=CC([N+](=O)[O-])C/C1=C\N/N=C1/CC(c2ccccc2)N=N1. The van der Waals surface area contributed by atoms with Crippen molar-refractivity contribution in [2.75, 3.05) is 0 Å². The molecular formula is C16H15N5O3. The number of benzene rings is 1. The lowest BCUT2D eigenvalue weighted by Crippen LogP contribution is -2.24. The number of hydrogen-bond acceptors (Lipinski definition) is 6. The van der Waals surface area contributed by atoms with Gasteiger partial charge in [0.1, 0.15) is 6.04 Å². The van der Waals surface area contributed by atoms with Crippen molar-refractivity contribution in [2.24, 2.45) is 15.3 Å². The van der Waals surface area contributed by atoms with Crippen LogP contribution in [0.25, 0.3) is 0 Å². The molecule has 1 aromatic rings. The van der Waals surface area contributed by atoms with E-state index in [0.717, 1.165) is 5.56 Å². The topological polar surface area (TPSA) is 109 Å². The zero-order valence-corrected chi connectivity index (χ0v) is 12.7. The van der Waals surface area contributed by atoms with Crippen LogP contribution in [0.15, 0.2) is 69.6 Å². The van der Waals surface area contributed by atoms with Crippen LogP contribution < -0.4 is 5.43 Å². The fraction of sp³-hybridized carbons (Fsp3) is 0.250. The average Bonchev–Trinajstić information content (AvgIpc) is 3.06. The molecule has 2 atom stereocenters. The van der Waals surface area contributed by atoms with E-state index >= 15 is 0 Å². The quantitative estimate of drug-likeness (QED) is 0.521. The molecule has 0 saturated heterocycles. The number of azo groups is 1. The van der Waals surface area contributed by atoms with Crippen molar-refractivity contribution >= 4 is 11.6 Å². The van der Waals surface area contributed by atoms with E-state index in [-0.39, 0.29) is 18.2 Å². The molecule has 1 aliphatic carbocycles. The zero-order valence-electron chi connectivity index (χ0n) is 12.7. The largest absolute Gasteiger partial charge is 0.290 e. The monoisotopic (exact) mass is 325 g/mol. The third-order valence-corrected chi connectivity index (χ3v) is 3.79. The molecule has 24 heavy (non-hydrogen) atoms. The number of ketones is 1. The minimum atomic E-state index is -0.878. The van der Waals surface area contributed by atoms with Crippen molar-refractivity contribution in [3.05, 3.63) is 69.9 Å². The minimum Gasteiger partial charge on any atom is -0.290 e. The lowest BCUT2D eigenvalue weighted by atomic mass is 9.97. The molecule has 0 bridgehead atoms. The molecule has 0 aromatic heterocycles. The number of carbonyl (C=O) groups is 1. The number of rotatable bonds is 4. The highest BCUT2D eigenvalue weighted by Crippen LogP contribution is 2.27. The van der Waals surface area contributed by atoms with Gasteiger partial charge in [-0.3, -0.25) is 20.3 Å². The second-order valence-electron chi connectivity index (χ2n) is 5.45. The number of nitro groups is 1. The van der Waals surface area contributed by atoms with Gasteiger partial charge in [0.05, 0.1) is 0 Å². The van der Waals surface area contributed by atoms with Gasteiger partial charge in [-0.2, -0.15) is 10.2 Å². The summed E-state index contributed by atoms with van der Waals surface area (Å²) in [6.45, 7) is 0. The van der Waals surface area contributed by atoms with E-state index in [1.807, 2.05) is 30.3 Å². The van der Waals surface area contributed by atoms with Crippen molar-refractivity contribution in [2.45, 2.75) is 24.9 Å². The van der Waals surface area contributed by atoms with E-state index in [9.17, 15) is 14.9 Å². The number of nitrogens with zero attached hydrogens (tertiary/aromatic N) is 4. The van der Waals surface area contributed by atoms with Crippen LogP contribution in [-0.2, 0) is 4.79 Å². The van der Waals surface area contributed by atoms with E-state index in [4.69, 9.17) is 0 Å². The molecule has 0 saturated carbocycles. The summed E-state index contributed by atoms with van der Waals surface area (Å²) in [5.41, 5.74) is 4.03. The number of nitrogens with one attached hydrogen (secondary N) is 1. The average molecular weight is 325 g/mol. The summed E-state index contributed by atoms with van der Waals surface area (Å²) in [5.74, 6) is 0.265. The zero-order chi connectivity index (χ0) is 16.9. The Morgan fingerprint density at radius 2 is 2.08 bits per heavy atom. The van der Waals surface area contributed by atoms with Crippen LogP contribution in [0, 0.1) is 10.1 Å². The highest BCUT2D eigenvalue weighted by Gasteiger charge is 2.26. The molecular weight excluding hydrogens is 310 g/mol. The summed E-state index contributed by atoms with van der Waals surface area (Å²) in [5, 5.41) is 23.1. The lowest BCUT2D eigenvalue weighted by Gasteiger charge is -2.11. The van der Waals surface area contributed by atoms with Crippen LogP contribution in [-0.4, -0.2) is 22.6 Å². The molecule has 0 amide bonds. The van der Waals surface area contributed by atoms with Crippen molar-refractivity contribution in [3.63, 3.8) is 0 Å². The Morgan fingerprint density at radius 1 is 1.29 bits per heavy atom. The molecule has 3 rings (SSSR count). The second-order valence-corrected chi connectivity index (χ2v) is 5.45. The van der Waals surface area contributed by atoms with Crippen LogP contribution >= 0.6 is 0 Å². The van der Waals surface area contributed by atoms with Gasteiger partial charge in [-0.1, -0.05) is 30.3 Å². The van der Waals surface area contributed by atoms with Crippen LogP contribution in [0.4, 0.5) is 0 Å². The number of hydrazone groups is 1. The van der Waals surface area contributed by atoms with Crippen molar-refractivity contribution < 1.29 is 9.72 Å². The van der Waals surface area contributed by atoms with Gasteiger partial charge in [-0.25, -0.2) is 0 Å². The Hall–Kier alpha value is -3.16. The fourth-order valence-corrected chi connectivity index (χ4v) is 2.48. The molecule has 1 aromatic carbocycles. The van der Waals surface area contributed by atoms with Crippen molar-refractivity contribution in [1.29, 1.82) is 0 Å². The maximum absolute atomic E-state index is 11.7. The molecule has 2 unspecified atom stereocenters. The predicted octanol–water partition coefficient (Wildman–Crippen LogP) is 2.54. The van der Waals surface area contributed by atoms with Crippen molar-refractivity contribution in [1.82, 2.24) is 5.43 Å². The van der Waals surface area contributed by atoms with E-state index in [1.165, 1.54) is 18.4 Å². The molecule has 1 N–H and O–H groups in total. The first-order valence-corrected chi connectivity index (χ1v) is 7.46. The van der Waals surface area contributed by atoms with Gasteiger partial charge in [-0.05, 0) is 17.7 Å². The van der Waals surface area contributed by atoms with Gasteiger partial charge in [-0.15, -0.1) is 5.11 Å². The Bertz CT molecular complexity index is 767. The lowest BCUT2D eigenvalue weighted by molar-refractivity contribution is -0.508. The Kier molecular flexibility index (Phi) is 4.55. The molecule has 1 aliphatic heterocycles. The first-order valence-electron chi connectivity index (χ1n) is 7.46. The highest BCUT2D eigenvalue weighted by atomic mass is 16.6. The van der Waals surface area contributed by atoms with Crippen LogP contribution in [0.2, 0.25) is 0 Å². The summed E-state index contributed by atoms with van der Waals surface area (Å²) < 4.78 is 0. The molecule has 8 heteroatoms. The van der Waals surface area contributed by atoms with E-state index in [2.05, 4.69) is 20.8 Å². The summed E-state index contributed by atoms with van der Waals surface area (Å²) in [6, 6.07) is 8.84. The van der Waals surface area contributed by atoms with E-state index in [0.29, 0.717) is 17.8 Å². The normalized spacial score (nSPS) is 26.2. The maximum Gasteiger partial charge on any atom is 0.235 e. The molecule has 0 spiro atoms. The third kappa shape index (κ3) is 3.60. The van der Waals surface area contributed by atoms with E-state index in [1.54, 1.807) is 0 Å². The molecule has 122 valence electrons. The highest BCUT2D eigenvalue weighted by molar-refractivity contribution is 6.04. The molecule has 0 fully saturated rings. The van der Waals surface area contributed by atoms with Gasteiger partial charge in [0.25, 0.3) is 0 Å². The van der Waals surface area contributed by atoms with Crippen LogP contribution in [0.5, 0.6) is 0 Å². The molecule has 0 radical (unpaired) electrons. The number of allylic oxidation sites excluding steroid dienone is 1. The first kappa shape index (κ1) is 15.7. The number of amidine groups is 1. The predicted molar refractivity (Wildman–Crippen MR) is 86.9 cm³/mol. The summed E-state index contributed by atoms with van der Waals surface area (Å²) in [4.78, 5) is 22.1. The Labute approximate surface area is 137 Å². The molecule has 2 aliphatic rings. The van der Waals surface area contributed by atoms with Crippen molar-refractivity contribution in [3.8, 4) is 0 Å². The van der Waals surface area contributed by atoms with Crippen LogP contribution in [0.1, 0.15) is 24.4 Å². The Morgan fingerprint density at radius 3 is 2.83 bits per heavy atom. The van der Waals surface area contributed by atoms with Gasteiger partial charge < -0.3 is 0 Å². The van der Waals surface area contributed by atoms with Gasteiger partial charge in [0.2, 0.25) is 6.04 Å². The summed E-state index contributed by atoms with van der Waals surface area (Å²) >= 11 is 0. The Balaban J connectivity index is 1.61. The van der Waals surface area contributed by atoms with Gasteiger partial charge in [0.15, 0.2) is 11.6 Å². The van der Waals surface area contributed by atoms with Gasteiger partial charge >= 0.3 is 0 Å². The smallest absolute Gasteiger partial charge is 0.235 e. The minimum absolute atomic E-state index is 0.0499. The summed E-state index contributed by atoms with van der Waals surface area (Å²) in [7, 11) is 0. The fourth-order valence-electron chi connectivity index (χ4n) is 2.48. The van der Waals surface area contributed by atoms with Gasteiger partial charge in [0, 0.05) is 29.5 Å². The maximum atomic E-state index is 11.7. The van der Waals surface area contributed by atoms with E-state index < -0.39 is 11.0 Å². The summed E-state index contributed by atoms with van der Waals surface area (Å²) in [6.07, 6.45) is 4.53. The van der Waals surface area contributed by atoms with Crippen LogP contribution in [0.3, 0.4) is 0 Å². The standard InChI is InChI=1S/C16H15N5O3/c22-15-7-6-13(21(23)24)8-12(15)10-17-19-16-9-14(18-20-16)11-4-2-1-3-5-11/h1-7,10,13-14,17H,8-9H2/b12-10+,19-16-. The molecule has 1 heterocycles. The first-order chi connectivity index (χ1) is 11.6. The number of carbonyl (C=O) groups excluding carboxylic acids is 1. The molecule has 8 nitrogen and oxygen atoms in total. The third-order valence-electron chi connectivity index (χ3n) is 3.79. The second kappa shape index (κ2) is 6.95.